The Morgan fingerprint density at radius 3 is 1.23 bits per heavy atom. The standard InChI is InChI=1S/C16H40O8Si5.C12H30O5Si4.C10H30O6Si5.C10H20O5Si/c1-17-29(18-2,19-3)12-11-27(6)15-25(4)22-28(7,24-26(5)23-27)10-8-9-20-13-16-14-21-16;1-18-11-21(4,17-20(3)16-19(2)15-18)8-6-5-7-13-9-12-10-14-12;1-11-21(12-2,13-3)9-8-20(7)10-17(4)14-18(5)15-19(6)16-20;1-9(2)10(11)15-7-6-8-16(12-3,13-4)14-5/h16,25-26H,8-15H2,1-7H3;12,18-20H,5-11H2,1-4H3;17-19H,8-10H2,1-7H3;1,6-8H2,2-5H3. The molecule has 14 atom stereocenters. The van der Waals surface area contributed by atoms with Gasteiger partial charge in [0.15, 0.2) is 52.1 Å². The molecular weight excluding hydrogens is 1380 g/mol. The quantitative estimate of drug-likeness (QED) is 0.0241. The van der Waals surface area contributed by atoms with Crippen LogP contribution in [0.2, 0.25) is 138 Å². The molecule has 5 rings (SSSR count). The number of ether oxygens (including phenoxy) is 5. The van der Waals surface area contributed by atoms with E-state index in [1.54, 1.807) is 70.9 Å². The zero-order chi connectivity index (χ0) is 65.5. The molecular formula is C48H120O24Si15. The number of rotatable bonds is 33. The van der Waals surface area contributed by atoms with Gasteiger partial charge in [0.2, 0.25) is 0 Å². The Hall–Kier alpha value is 1.58. The van der Waals surface area contributed by atoms with Crippen molar-refractivity contribution in [2.24, 2.45) is 0 Å². The van der Waals surface area contributed by atoms with Gasteiger partial charge in [0.1, 0.15) is 12.2 Å². The fourth-order valence-corrected chi connectivity index (χ4v) is 80.0. The van der Waals surface area contributed by atoms with Crippen LogP contribution < -0.4 is 0 Å². The lowest BCUT2D eigenvalue weighted by Crippen LogP contribution is -2.56. The third-order valence-electron chi connectivity index (χ3n) is 15.5. The average molecular weight is 1500 g/mol. The summed E-state index contributed by atoms with van der Waals surface area (Å²) >= 11 is 0. The number of carbonyl (C=O) groups excluding carboxylic acids is 1. The lowest BCUT2D eigenvalue weighted by atomic mass is 10.3. The molecule has 0 aromatic heterocycles. The monoisotopic (exact) mass is 1500 g/mol. The Morgan fingerprint density at radius 1 is 0.448 bits per heavy atom. The third-order valence-corrected chi connectivity index (χ3v) is 78.0. The molecule has 0 spiro atoms. The Kier molecular flexibility index (Phi) is 41.8. The van der Waals surface area contributed by atoms with Gasteiger partial charge in [-0.2, -0.15) is 0 Å². The van der Waals surface area contributed by atoms with Crippen molar-refractivity contribution in [1.29, 1.82) is 0 Å². The molecule has 39 heteroatoms. The molecule has 5 aliphatic rings. The summed E-state index contributed by atoms with van der Waals surface area (Å²) in [6.07, 6.45) is 4.63. The first kappa shape index (κ1) is 84.7. The van der Waals surface area contributed by atoms with Crippen molar-refractivity contribution in [2.75, 3.05) is 110 Å². The predicted molar refractivity (Wildman–Crippen MR) is 374 cm³/mol. The zero-order valence-corrected chi connectivity index (χ0v) is 73.9. The first-order chi connectivity index (χ1) is 40.9. The normalized spacial score (nSPS) is 32.3. The SMILES string of the molecule is C=C(C)C(=O)OCCC[Si](OC)(OC)OC.CO[Si](CC[Si]1(C)C[SiH](C)O[SiH](C)O[SiH](C)O1)(OC)OC.CO[Si](CC[Si]1(C)C[SiH](C)O[Si](C)(CCCOCC2CO2)O[SiH](C)O1)(OC)OC.C[SiH]1C[Si](C)(CCCCOCC2CO2)O[SiH](C)O[SiH](C)O1. The second-order valence-electron chi connectivity index (χ2n) is 24.0. The van der Waals surface area contributed by atoms with E-state index in [0.29, 0.717) is 43.5 Å². The van der Waals surface area contributed by atoms with E-state index in [1.807, 2.05) is 0 Å². The van der Waals surface area contributed by atoms with Crippen LogP contribution in [0, 0.1) is 0 Å². The number of hydrogen-bond donors (Lipinski definition) is 0. The first-order valence-electron chi connectivity index (χ1n) is 31.1. The van der Waals surface area contributed by atoms with Crippen LogP contribution in [0.1, 0.15) is 32.6 Å². The smallest absolute Gasteiger partial charge is 0.462 e. The minimum atomic E-state index is -2.59. The summed E-state index contributed by atoms with van der Waals surface area (Å²) in [6, 6.07) is 6.29. The van der Waals surface area contributed by atoms with Gasteiger partial charge in [0.05, 0.1) is 33.0 Å². The maximum atomic E-state index is 11.1. The Bertz CT molecular complexity index is 1810. The van der Waals surface area contributed by atoms with E-state index in [9.17, 15) is 4.79 Å². The molecule has 516 valence electrons. The maximum Gasteiger partial charge on any atom is 0.500 e. The van der Waals surface area contributed by atoms with Crippen LogP contribution in [0.15, 0.2) is 12.2 Å². The predicted octanol–water partition coefficient (Wildman–Crippen LogP) is 6.01. The summed E-state index contributed by atoms with van der Waals surface area (Å²) in [6.45, 7) is 36.9. The Labute approximate surface area is 546 Å². The number of carbonyl (C=O) groups is 1. The van der Waals surface area contributed by atoms with E-state index in [0.717, 1.165) is 87.4 Å². The fraction of sp³-hybridized carbons (Fsp3) is 0.938. The van der Waals surface area contributed by atoms with E-state index < -0.39 is 133 Å². The Balaban J connectivity index is 0.000000405. The van der Waals surface area contributed by atoms with Gasteiger partial charge < -0.3 is 101 Å². The van der Waals surface area contributed by atoms with Crippen molar-refractivity contribution >= 4 is 139 Å². The molecule has 14 unspecified atom stereocenters. The van der Waals surface area contributed by atoms with Gasteiger partial charge in [0, 0.05) is 101 Å². The molecule has 0 N–H and O–H groups in total. The summed E-state index contributed by atoms with van der Waals surface area (Å²) < 4.78 is 133. The highest BCUT2D eigenvalue weighted by molar-refractivity contribution is 6.92. The molecule has 87 heavy (non-hydrogen) atoms. The summed E-state index contributed by atoms with van der Waals surface area (Å²) in [4.78, 5) is 11.1. The summed E-state index contributed by atoms with van der Waals surface area (Å²) in [5.41, 5.74) is 3.86. The molecule has 0 amide bonds. The second-order valence-corrected chi connectivity index (χ2v) is 70.8. The van der Waals surface area contributed by atoms with Crippen molar-refractivity contribution in [3.63, 3.8) is 0 Å². The van der Waals surface area contributed by atoms with Gasteiger partial charge in [-0.25, -0.2) is 4.79 Å². The summed E-state index contributed by atoms with van der Waals surface area (Å²) in [7, 11) is -12.0. The minimum absolute atomic E-state index is 0.316. The van der Waals surface area contributed by atoms with Crippen molar-refractivity contribution < 1.29 is 105 Å². The van der Waals surface area contributed by atoms with Crippen LogP contribution in [0.3, 0.4) is 0 Å². The van der Waals surface area contributed by atoms with E-state index in [-0.39, 0.29) is 5.97 Å². The highest BCUT2D eigenvalue weighted by Gasteiger charge is 2.48. The molecule has 0 aromatic carbocycles. The van der Waals surface area contributed by atoms with Gasteiger partial charge in [0.25, 0.3) is 46.4 Å². The topological polar surface area (TPSA) is 236 Å². The summed E-state index contributed by atoms with van der Waals surface area (Å²) in [5, 5.41) is 0. The van der Waals surface area contributed by atoms with Gasteiger partial charge in [-0.3, -0.25) is 0 Å². The molecule has 0 radical (unpaired) electrons. The van der Waals surface area contributed by atoms with Crippen LogP contribution >= 0.6 is 0 Å². The highest BCUT2D eigenvalue weighted by Crippen LogP contribution is 2.34. The Morgan fingerprint density at radius 2 is 0.828 bits per heavy atom. The molecule has 0 aliphatic carbocycles. The van der Waals surface area contributed by atoms with E-state index in [1.165, 1.54) is 18.1 Å². The van der Waals surface area contributed by atoms with Crippen molar-refractivity contribution in [1.82, 2.24) is 0 Å². The van der Waals surface area contributed by atoms with Crippen LogP contribution in [-0.4, -0.2) is 262 Å². The van der Waals surface area contributed by atoms with Crippen molar-refractivity contribution in [3.8, 4) is 0 Å². The molecule has 0 aromatic rings. The molecule has 0 bridgehead atoms. The first-order valence-corrected chi connectivity index (χ1v) is 65.7. The van der Waals surface area contributed by atoms with Crippen LogP contribution in [-0.2, 0) is 105 Å². The van der Waals surface area contributed by atoms with E-state index in [4.69, 9.17) is 101 Å². The molecule has 5 fully saturated rings. The van der Waals surface area contributed by atoms with Crippen LogP contribution in [0.5, 0.6) is 0 Å². The number of esters is 1. The van der Waals surface area contributed by atoms with Crippen molar-refractivity contribution in [3.05, 3.63) is 12.2 Å². The minimum Gasteiger partial charge on any atom is -0.462 e. The lowest BCUT2D eigenvalue weighted by molar-refractivity contribution is -0.139. The molecule has 5 saturated heterocycles. The second kappa shape index (κ2) is 43.0. The molecule has 24 nitrogen and oxygen atoms in total. The van der Waals surface area contributed by atoms with Gasteiger partial charge in [-0.1, -0.05) is 13.0 Å². The van der Waals surface area contributed by atoms with Crippen LogP contribution in [0.4, 0.5) is 0 Å². The number of unbranched alkanes of at least 4 members (excludes halogenated alkanes) is 1. The third kappa shape index (κ3) is 34.9. The fourth-order valence-electron chi connectivity index (χ4n) is 11.1. The lowest BCUT2D eigenvalue weighted by Gasteiger charge is -2.42. The maximum absolute atomic E-state index is 11.1. The van der Waals surface area contributed by atoms with Crippen molar-refractivity contribution in [2.45, 2.75) is 183 Å². The number of epoxide rings is 2. The zero-order valence-electron chi connectivity index (χ0n) is 57.6. The molecule has 5 aliphatic heterocycles. The van der Waals surface area contributed by atoms with Gasteiger partial charge >= 0.3 is 40.9 Å². The van der Waals surface area contributed by atoms with E-state index >= 15 is 0 Å². The van der Waals surface area contributed by atoms with Gasteiger partial charge in [-0.05, 0) is 146 Å². The van der Waals surface area contributed by atoms with Gasteiger partial charge in [-0.15, -0.1) is 0 Å². The van der Waals surface area contributed by atoms with E-state index in [2.05, 4.69) is 85.1 Å². The highest BCUT2D eigenvalue weighted by atomic mass is 28.5. The van der Waals surface area contributed by atoms with Crippen LogP contribution in [0.25, 0.3) is 0 Å². The largest absolute Gasteiger partial charge is 0.500 e. The molecule has 0 saturated carbocycles. The molecule has 5 heterocycles. The average Bonchev–Trinajstić information content (AvgIpc) is 3.88. The summed E-state index contributed by atoms with van der Waals surface area (Å²) in [5.74, 6) is -0.375. The number of hydrogen-bond acceptors (Lipinski definition) is 24.